The highest BCUT2D eigenvalue weighted by Crippen LogP contribution is 2.32. The molecule has 1 aromatic heterocycles. The molecule has 1 N–H and O–H groups in total. The summed E-state index contributed by atoms with van der Waals surface area (Å²) < 4.78 is 11.0. The normalized spacial score (nSPS) is 15.0. The van der Waals surface area contributed by atoms with Crippen molar-refractivity contribution >= 4 is 17.3 Å². The van der Waals surface area contributed by atoms with Crippen LogP contribution in [-0.2, 0) is 17.8 Å². The zero-order valence-electron chi connectivity index (χ0n) is 17.1. The summed E-state index contributed by atoms with van der Waals surface area (Å²) in [4.78, 5) is 26.7. The quantitative estimate of drug-likeness (QED) is 0.674. The third-order valence-electron chi connectivity index (χ3n) is 5.22. The van der Waals surface area contributed by atoms with E-state index < -0.39 is 0 Å². The van der Waals surface area contributed by atoms with E-state index in [0.717, 1.165) is 12.0 Å². The maximum Gasteiger partial charge on any atom is 0.262 e. The highest BCUT2D eigenvalue weighted by molar-refractivity contribution is 5.91. The number of carbonyl (C=O) groups is 1. The number of carbonyl (C=O) groups excluding carboxylic acids is 1. The Balaban J connectivity index is 1.37. The van der Waals surface area contributed by atoms with Crippen molar-refractivity contribution < 1.29 is 13.9 Å². The average Bonchev–Trinajstić information content (AvgIpc) is 3.04. The third-order valence-corrected chi connectivity index (χ3v) is 5.22. The van der Waals surface area contributed by atoms with Crippen molar-refractivity contribution in [3.63, 3.8) is 0 Å². The minimum Gasteiger partial charge on any atom is -0.477 e. The molecule has 1 aliphatic rings. The minimum atomic E-state index is -0.343. The molecule has 1 amide bonds. The Morgan fingerprint density at radius 2 is 1.97 bits per heavy atom. The number of hydrogen-bond acceptors (Lipinski definition) is 5. The molecule has 1 atom stereocenters. The molecule has 0 aliphatic carbocycles. The van der Waals surface area contributed by atoms with Gasteiger partial charge in [0.1, 0.15) is 12.0 Å². The molecular formula is C24H24N2O4. The lowest BCUT2D eigenvalue weighted by atomic mass is 10.1. The summed E-state index contributed by atoms with van der Waals surface area (Å²) >= 11 is 0. The van der Waals surface area contributed by atoms with Crippen LogP contribution in [0.25, 0.3) is 0 Å². The summed E-state index contributed by atoms with van der Waals surface area (Å²) in [6.45, 7) is 4.36. The highest BCUT2D eigenvalue weighted by Gasteiger charge is 2.26. The Morgan fingerprint density at radius 3 is 2.73 bits per heavy atom. The van der Waals surface area contributed by atoms with Crippen molar-refractivity contribution in [3.8, 4) is 5.75 Å². The molecular weight excluding hydrogens is 380 g/mol. The molecule has 0 saturated heterocycles. The molecule has 1 unspecified atom stereocenters. The van der Waals surface area contributed by atoms with Gasteiger partial charge in [-0.15, -0.1) is 0 Å². The summed E-state index contributed by atoms with van der Waals surface area (Å²) in [7, 11) is 0. The van der Waals surface area contributed by atoms with E-state index in [0.29, 0.717) is 24.0 Å². The van der Waals surface area contributed by atoms with Gasteiger partial charge in [0.2, 0.25) is 11.2 Å². The van der Waals surface area contributed by atoms with Crippen LogP contribution >= 0.6 is 0 Å². The van der Waals surface area contributed by atoms with Crippen LogP contribution in [0.2, 0.25) is 0 Å². The first-order valence-electron chi connectivity index (χ1n) is 9.95. The van der Waals surface area contributed by atoms with Gasteiger partial charge >= 0.3 is 0 Å². The summed E-state index contributed by atoms with van der Waals surface area (Å²) in [6, 6.07) is 17.5. The predicted octanol–water partition coefficient (Wildman–Crippen LogP) is 3.92. The molecule has 6 nitrogen and oxygen atoms in total. The topological polar surface area (TPSA) is 71.8 Å². The minimum absolute atomic E-state index is 0.0210. The van der Waals surface area contributed by atoms with Crippen molar-refractivity contribution in [1.29, 1.82) is 0 Å². The molecule has 0 radical (unpaired) electrons. The summed E-state index contributed by atoms with van der Waals surface area (Å²) in [6.07, 6.45) is 2.25. The van der Waals surface area contributed by atoms with Gasteiger partial charge in [-0.3, -0.25) is 9.59 Å². The molecule has 3 aromatic rings. The fourth-order valence-electron chi connectivity index (χ4n) is 3.64. The zero-order chi connectivity index (χ0) is 21.1. The number of aryl methyl sites for hydroxylation is 1. The molecule has 0 fully saturated rings. The van der Waals surface area contributed by atoms with E-state index in [-0.39, 0.29) is 23.7 Å². The standard InChI is InChI=1S/C24H24N2O4/c1-16-7-9-19(10-8-16)25-24(28)15-30-23-14-29-20(12-22(23)27)13-26-17(2)11-18-5-3-4-6-21(18)26/h3-10,12,14,17H,11,13,15H2,1-2H3,(H,25,28). The van der Waals surface area contributed by atoms with Crippen LogP contribution in [0.15, 0.2) is 70.1 Å². The zero-order valence-corrected chi connectivity index (χ0v) is 17.1. The van der Waals surface area contributed by atoms with Crippen LogP contribution in [0, 0.1) is 6.92 Å². The van der Waals surface area contributed by atoms with E-state index in [4.69, 9.17) is 9.15 Å². The number of anilines is 2. The van der Waals surface area contributed by atoms with Crippen molar-refractivity contribution in [2.24, 2.45) is 0 Å². The molecule has 2 aromatic carbocycles. The van der Waals surface area contributed by atoms with Gasteiger partial charge in [0.25, 0.3) is 5.91 Å². The lowest BCUT2D eigenvalue weighted by molar-refractivity contribution is -0.118. The van der Waals surface area contributed by atoms with Gasteiger partial charge in [0.05, 0.1) is 6.54 Å². The van der Waals surface area contributed by atoms with Gasteiger partial charge in [-0.25, -0.2) is 0 Å². The number of nitrogens with zero attached hydrogens (tertiary/aromatic N) is 1. The molecule has 4 rings (SSSR count). The van der Waals surface area contributed by atoms with Gasteiger partial charge in [-0.05, 0) is 44.0 Å². The largest absolute Gasteiger partial charge is 0.477 e. The summed E-state index contributed by atoms with van der Waals surface area (Å²) in [5, 5.41) is 2.73. The SMILES string of the molecule is Cc1ccc(NC(=O)COc2coc(CN3c4ccccc4CC3C)cc2=O)cc1. The molecule has 0 saturated carbocycles. The maximum atomic E-state index is 12.4. The third kappa shape index (κ3) is 4.38. The van der Waals surface area contributed by atoms with Crippen molar-refractivity contribution in [1.82, 2.24) is 0 Å². The molecule has 0 spiro atoms. The van der Waals surface area contributed by atoms with E-state index in [1.165, 1.54) is 23.6 Å². The predicted molar refractivity (Wildman–Crippen MR) is 116 cm³/mol. The summed E-state index contributed by atoms with van der Waals surface area (Å²) in [5.41, 5.74) is 3.94. The molecule has 154 valence electrons. The number of nitrogens with one attached hydrogen (secondary N) is 1. The number of ether oxygens (including phenoxy) is 1. The Hall–Kier alpha value is -3.54. The second kappa shape index (κ2) is 8.45. The fourth-order valence-corrected chi connectivity index (χ4v) is 3.64. The number of benzene rings is 2. The first kappa shape index (κ1) is 19.8. The van der Waals surface area contributed by atoms with Crippen LogP contribution in [0.1, 0.15) is 23.8 Å². The van der Waals surface area contributed by atoms with Crippen LogP contribution in [0.4, 0.5) is 11.4 Å². The number of rotatable bonds is 6. The van der Waals surface area contributed by atoms with Crippen LogP contribution in [-0.4, -0.2) is 18.6 Å². The Morgan fingerprint density at radius 1 is 1.20 bits per heavy atom. The molecule has 0 bridgehead atoms. The van der Waals surface area contributed by atoms with Crippen molar-refractivity contribution in [2.45, 2.75) is 32.9 Å². The van der Waals surface area contributed by atoms with E-state index in [1.54, 1.807) is 0 Å². The fraction of sp³-hybridized carbons (Fsp3) is 0.250. The lowest BCUT2D eigenvalue weighted by Crippen LogP contribution is -2.29. The highest BCUT2D eigenvalue weighted by atomic mass is 16.5. The second-order valence-corrected chi connectivity index (χ2v) is 7.59. The monoisotopic (exact) mass is 404 g/mol. The number of hydrogen-bond donors (Lipinski definition) is 1. The first-order chi connectivity index (χ1) is 14.5. The second-order valence-electron chi connectivity index (χ2n) is 7.59. The molecule has 30 heavy (non-hydrogen) atoms. The molecule has 6 heteroatoms. The molecule has 1 aliphatic heterocycles. The van der Waals surface area contributed by atoms with Crippen LogP contribution < -0.4 is 20.4 Å². The van der Waals surface area contributed by atoms with Gasteiger partial charge in [0, 0.05) is 23.5 Å². The number of para-hydroxylation sites is 1. The number of amides is 1. The van der Waals surface area contributed by atoms with Crippen LogP contribution in [0.3, 0.4) is 0 Å². The molecule has 2 heterocycles. The van der Waals surface area contributed by atoms with E-state index >= 15 is 0 Å². The van der Waals surface area contributed by atoms with Gasteiger partial charge < -0.3 is 19.4 Å². The lowest BCUT2D eigenvalue weighted by Gasteiger charge is -2.24. The Labute approximate surface area is 175 Å². The summed E-state index contributed by atoms with van der Waals surface area (Å²) in [5.74, 6) is 0.234. The Kier molecular flexibility index (Phi) is 5.57. The smallest absolute Gasteiger partial charge is 0.262 e. The first-order valence-corrected chi connectivity index (χ1v) is 9.95. The average molecular weight is 404 g/mol. The van der Waals surface area contributed by atoms with E-state index in [1.807, 2.05) is 43.3 Å². The van der Waals surface area contributed by atoms with E-state index in [9.17, 15) is 9.59 Å². The van der Waals surface area contributed by atoms with Gasteiger partial charge in [0.15, 0.2) is 6.61 Å². The van der Waals surface area contributed by atoms with Crippen molar-refractivity contribution in [3.05, 3.63) is 88.0 Å². The van der Waals surface area contributed by atoms with Gasteiger partial charge in [-0.2, -0.15) is 0 Å². The van der Waals surface area contributed by atoms with E-state index in [2.05, 4.69) is 29.3 Å². The van der Waals surface area contributed by atoms with Crippen molar-refractivity contribution in [2.75, 3.05) is 16.8 Å². The van der Waals surface area contributed by atoms with Gasteiger partial charge in [-0.1, -0.05) is 35.9 Å². The van der Waals surface area contributed by atoms with Crippen LogP contribution in [0.5, 0.6) is 5.75 Å². The Bertz CT molecular complexity index is 1100. The maximum absolute atomic E-state index is 12.4. The number of fused-ring (bicyclic) bond motifs is 1.